The van der Waals surface area contributed by atoms with Crippen LogP contribution in [0.15, 0.2) is 71.3 Å². The molecule has 1 amide bonds. The number of hydrogen-bond donors (Lipinski definition) is 2. The Labute approximate surface area is 212 Å². The van der Waals surface area contributed by atoms with Crippen molar-refractivity contribution in [2.45, 2.75) is 31.0 Å². The second-order valence-electron chi connectivity index (χ2n) is 8.46. The van der Waals surface area contributed by atoms with Gasteiger partial charge < -0.3 is 24.6 Å². The summed E-state index contributed by atoms with van der Waals surface area (Å²) in [4.78, 5) is 12.7. The van der Waals surface area contributed by atoms with Crippen LogP contribution in [0.1, 0.15) is 18.9 Å². The van der Waals surface area contributed by atoms with Crippen LogP contribution in [-0.4, -0.2) is 70.0 Å². The number of sulfonamides is 1. The van der Waals surface area contributed by atoms with E-state index in [0.717, 1.165) is 9.87 Å². The van der Waals surface area contributed by atoms with E-state index in [9.17, 15) is 18.3 Å². The molecule has 36 heavy (non-hydrogen) atoms. The highest BCUT2D eigenvalue weighted by Crippen LogP contribution is 2.24. The van der Waals surface area contributed by atoms with Crippen LogP contribution in [0, 0.1) is 5.92 Å². The molecule has 0 aromatic heterocycles. The molecule has 1 aliphatic rings. The number of ether oxygens (including phenoxy) is 3. The molecule has 196 valence electrons. The fourth-order valence-corrected chi connectivity index (χ4v) is 5.20. The molecule has 10 heteroatoms. The molecule has 0 spiro atoms. The average Bonchev–Trinajstić information content (AvgIpc) is 2.88. The summed E-state index contributed by atoms with van der Waals surface area (Å²) in [6.45, 7) is 2.09. The second-order valence-corrected chi connectivity index (χ2v) is 10.4. The lowest BCUT2D eigenvalue weighted by Gasteiger charge is -2.28. The quantitative estimate of drug-likeness (QED) is 0.418. The van der Waals surface area contributed by atoms with E-state index in [4.69, 9.17) is 14.2 Å². The minimum absolute atomic E-state index is 0.0193. The van der Waals surface area contributed by atoms with E-state index in [-0.39, 0.29) is 48.8 Å². The molecule has 2 N–H and O–H groups in total. The highest BCUT2D eigenvalue weighted by Gasteiger charge is 2.28. The predicted octanol–water partition coefficient (Wildman–Crippen LogP) is 2.32. The molecule has 0 saturated carbocycles. The van der Waals surface area contributed by atoms with Crippen molar-refractivity contribution in [3.8, 4) is 5.75 Å². The number of aliphatic hydroxyl groups excluding tert-OH is 1. The first-order chi connectivity index (χ1) is 17.3. The average molecular weight is 519 g/mol. The number of allylic oxidation sites excluding steroid dienone is 1. The minimum atomic E-state index is -3.84. The van der Waals surface area contributed by atoms with Gasteiger partial charge in [0.05, 0.1) is 25.2 Å². The molecule has 2 aromatic rings. The summed E-state index contributed by atoms with van der Waals surface area (Å²) in [5.74, 6) is 0.484. The Morgan fingerprint density at radius 3 is 2.53 bits per heavy atom. The van der Waals surface area contributed by atoms with Crippen molar-refractivity contribution >= 4 is 15.9 Å². The third-order valence-electron chi connectivity index (χ3n) is 5.72. The van der Waals surface area contributed by atoms with Crippen LogP contribution in [0.5, 0.6) is 5.75 Å². The molecule has 1 aliphatic heterocycles. The van der Waals surface area contributed by atoms with Gasteiger partial charge >= 0.3 is 0 Å². The third kappa shape index (κ3) is 7.79. The SMILES string of the molecule is COc1ccc(S(=O)(=O)N(CCO)CCO[C@@H]2C[C@H](C)C=C(C(=O)NCCc3ccccc3)O2)cc1. The lowest BCUT2D eigenvalue weighted by molar-refractivity contribution is -0.148. The lowest BCUT2D eigenvalue weighted by atomic mass is 10.0. The van der Waals surface area contributed by atoms with Crippen LogP contribution in [0.25, 0.3) is 0 Å². The zero-order valence-electron chi connectivity index (χ0n) is 20.6. The van der Waals surface area contributed by atoms with Crippen LogP contribution in [0.2, 0.25) is 0 Å². The molecule has 0 radical (unpaired) electrons. The van der Waals surface area contributed by atoms with Crippen LogP contribution >= 0.6 is 0 Å². The monoisotopic (exact) mass is 518 g/mol. The maximum Gasteiger partial charge on any atom is 0.286 e. The Bertz CT molecular complexity index is 1100. The molecule has 0 fully saturated rings. The van der Waals surface area contributed by atoms with Crippen molar-refractivity contribution in [3.05, 3.63) is 72.0 Å². The maximum absolute atomic E-state index is 13.0. The van der Waals surface area contributed by atoms with Crippen LogP contribution in [0.4, 0.5) is 0 Å². The summed E-state index contributed by atoms with van der Waals surface area (Å²) in [6.07, 6.45) is 2.33. The highest BCUT2D eigenvalue weighted by molar-refractivity contribution is 7.89. The molecular weight excluding hydrogens is 484 g/mol. The number of benzene rings is 2. The van der Waals surface area contributed by atoms with Crippen molar-refractivity contribution in [1.82, 2.24) is 9.62 Å². The Balaban J connectivity index is 1.52. The fraction of sp³-hybridized carbons (Fsp3) is 0.423. The molecule has 9 nitrogen and oxygen atoms in total. The molecule has 0 aliphatic carbocycles. The molecule has 3 rings (SSSR count). The Morgan fingerprint density at radius 1 is 1.14 bits per heavy atom. The second kappa shape index (κ2) is 13.4. The standard InChI is InChI=1S/C26H34N2O7S/c1-20-18-24(26(30)27-13-12-21-6-4-3-5-7-21)35-25(19-20)34-17-15-28(14-16-29)36(31,32)23-10-8-22(33-2)9-11-23/h3-11,18,20,25,29H,12-17,19H2,1-2H3,(H,27,30)/t20-,25+/m1/s1. The van der Waals surface area contributed by atoms with E-state index in [0.29, 0.717) is 25.1 Å². The first-order valence-electron chi connectivity index (χ1n) is 11.9. The molecule has 0 saturated heterocycles. The zero-order valence-corrected chi connectivity index (χ0v) is 21.4. The van der Waals surface area contributed by atoms with Gasteiger partial charge in [-0.15, -0.1) is 0 Å². The summed E-state index contributed by atoms with van der Waals surface area (Å²) in [7, 11) is -2.34. The van der Waals surface area contributed by atoms with E-state index in [2.05, 4.69) is 5.32 Å². The Kier molecular flexibility index (Phi) is 10.3. The molecular formula is C26H34N2O7S. The van der Waals surface area contributed by atoms with Crippen molar-refractivity contribution in [1.29, 1.82) is 0 Å². The van der Waals surface area contributed by atoms with Gasteiger partial charge in [0.2, 0.25) is 16.3 Å². The highest BCUT2D eigenvalue weighted by atomic mass is 32.2. The fourth-order valence-electron chi connectivity index (χ4n) is 3.79. The van der Waals surface area contributed by atoms with Gasteiger partial charge in [-0.3, -0.25) is 4.79 Å². The van der Waals surface area contributed by atoms with Crippen molar-refractivity contribution in [2.75, 3.05) is 40.0 Å². The lowest BCUT2D eigenvalue weighted by Crippen LogP contribution is -2.38. The minimum Gasteiger partial charge on any atom is -0.497 e. The van der Waals surface area contributed by atoms with Gasteiger partial charge in [0.15, 0.2) is 5.76 Å². The topological polar surface area (TPSA) is 114 Å². The van der Waals surface area contributed by atoms with E-state index in [1.54, 1.807) is 18.2 Å². The number of rotatable bonds is 13. The van der Waals surface area contributed by atoms with Gasteiger partial charge in [-0.1, -0.05) is 37.3 Å². The van der Waals surface area contributed by atoms with Crippen molar-refractivity contribution < 1.29 is 32.5 Å². The van der Waals surface area contributed by atoms with Gasteiger partial charge in [0, 0.05) is 26.1 Å². The summed E-state index contributed by atoms with van der Waals surface area (Å²) < 4.78 is 43.9. The van der Waals surface area contributed by atoms with E-state index < -0.39 is 16.3 Å². The van der Waals surface area contributed by atoms with Crippen molar-refractivity contribution in [3.63, 3.8) is 0 Å². The summed E-state index contributed by atoms with van der Waals surface area (Å²) in [6, 6.07) is 15.9. The number of nitrogens with zero attached hydrogens (tertiary/aromatic N) is 1. The van der Waals surface area contributed by atoms with Crippen molar-refractivity contribution in [2.24, 2.45) is 5.92 Å². The largest absolute Gasteiger partial charge is 0.497 e. The van der Waals surface area contributed by atoms with Crippen LogP contribution in [-0.2, 0) is 30.7 Å². The third-order valence-corrected chi connectivity index (χ3v) is 7.63. The predicted molar refractivity (Wildman–Crippen MR) is 135 cm³/mol. The van der Waals surface area contributed by atoms with E-state index in [1.807, 2.05) is 37.3 Å². The number of methoxy groups -OCH3 is 1. The zero-order chi connectivity index (χ0) is 26.0. The van der Waals surface area contributed by atoms with Gasteiger partial charge in [0.25, 0.3) is 5.91 Å². The first-order valence-corrected chi connectivity index (χ1v) is 13.3. The maximum atomic E-state index is 13.0. The first kappa shape index (κ1) is 27.7. The van der Waals surface area contributed by atoms with Gasteiger partial charge in [-0.2, -0.15) is 4.31 Å². The molecule has 1 heterocycles. The molecule has 0 unspecified atom stereocenters. The molecule has 2 atom stereocenters. The van der Waals surface area contributed by atoms with Gasteiger partial charge in [-0.05, 0) is 48.2 Å². The summed E-state index contributed by atoms with van der Waals surface area (Å²) in [5.41, 5.74) is 1.13. The molecule has 0 bridgehead atoms. The molecule has 2 aromatic carbocycles. The number of hydrogen-bond acceptors (Lipinski definition) is 7. The van der Waals surface area contributed by atoms with Gasteiger partial charge in [-0.25, -0.2) is 8.42 Å². The van der Waals surface area contributed by atoms with Crippen LogP contribution in [0.3, 0.4) is 0 Å². The Morgan fingerprint density at radius 2 is 1.86 bits per heavy atom. The van der Waals surface area contributed by atoms with E-state index in [1.165, 1.54) is 19.2 Å². The summed E-state index contributed by atoms with van der Waals surface area (Å²) in [5, 5.41) is 12.3. The summed E-state index contributed by atoms with van der Waals surface area (Å²) >= 11 is 0. The van der Waals surface area contributed by atoms with E-state index >= 15 is 0 Å². The number of nitrogens with one attached hydrogen (secondary N) is 1. The normalized spacial score (nSPS) is 17.8. The smallest absolute Gasteiger partial charge is 0.286 e. The van der Waals surface area contributed by atoms with Gasteiger partial charge in [0.1, 0.15) is 5.75 Å². The number of aliphatic hydroxyl groups is 1. The number of carbonyl (C=O) groups is 1. The Hall–Kier alpha value is -2.92. The number of amides is 1. The number of carbonyl (C=O) groups excluding carboxylic acids is 1. The van der Waals surface area contributed by atoms with Crippen LogP contribution < -0.4 is 10.1 Å².